The fraction of sp³-hybridized carbons (Fsp3) is 0.0800. The Balaban J connectivity index is 1.64. The summed E-state index contributed by atoms with van der Waals surface area (Å²) in [5, 5.41) is 2.66. The van der Waals surface area contributed by atoms with Crippen LogP contribution in [0.5, 0.6) is 11.5 Å². The smallest absolute Gasteiger partial charge is 0.335 e. The summed E-state index contributed by atoms with van der Waals surface area (Å²) >= 11 is 8.01. The molecule has 1 heterocycles. The van der Waals surface area contributed by atoms with Crippen LogP contribution in [0.3, 0.4) is 0 Å². The molecule has 1 aliphatic heterocycles. The summed E-state index contributed by atoms with van der Waals surface area (Å²) < 4.78 is 12.2. The summed E-state index contributed by atoms with van der Waals surface area (Å²) in [5.74, 6) is -0.525. The van der Waals surface area contributed by atoms with Gasteiger partial charge in [-0.1, -0.05) is 41.9 Å². The van der Waals surface area contributed by atoms with Gasteiger partial charge in [0.2, 0.25) is 0 Å². The van der Waals surface area contributed by atoms with Gasteiger partial charge in [0.25, 0.3) is 11.8 Å². The van der Waals surface area contributed by atoms with E-state index in [1.807, 2.05) is 30.3 Å². The largest absolute Gasteiger partial charge is 0.493 e. The molecule has 7 nitrogen and oxygen atoms in total. The van der Waals surface area contributed by atoms with Crippen molar-refractivity contribution in [2.24, 2.45) is 0 Å². The van der Waals surface area contributed by atoms with Crippen molar-refractivity contribution in [1.29, 1.82) is 0 Å². The zero-order valence-electron chi connectivity index (χ0n) is 17.9. The Hall–Kier alpha value is -3.37. The van der Waals surface area contributed by atoms with E-state index in [-0.39, 0.29) is 5.57 Å². The molecule has 1 saturated heterocycles. The first-order chi connectivity index (χ1) is 16.4. The van der Waals surface area contributed by atoms with Crippen LogP contribution in [0.15, 0.2) is 72.3 Å². The molecule has 0 bridgehead atoms. The number of nitrogens with one attached hydrogen (secondary N) is 1. The molecule has 1 fully saturated rings. The van der Waals surface area contributed by atoms with E-state index < -0.39 is 17.8 Å². The number of amides is 4. The molecule has 9 heteroatoms. The highest BCUT2D eigenvalue weighted by molar-refractivity contribution is 14.1. The number of methoxy groups -OCH3 is 1. The van der Waals surface area contributed by atoms with E-state index in [2.05, 4.69) is 27.9 Å². The average molecular weight is 589 g/mol. The van der Waals surface area contributed by atoms with Crippen LogP contribution in [0.2, 0.25) is 5.02 Å². The number of anilines is 1. The summed E-state index contributed by atoms with van der Waals surface area (Å²) in [5.41, 5.74) is 1.65. The zero-order valence-corrected chi connectivity index (χ0v) is 20.8. The maximum atomic E-state index is 13.1. The number of nitrogens with zero attached hydrogens (tertiary/aromatic N) is 1. The maximum Gasteiger partial charge on any atom is 0.335 e. The fourth-order valence-electron chi connectivity index (χ4n) is 3.34. The molecule has 0 atom stereocenters. The Kier molecular flexibility index (Phi) is 7.18. The molecule has 34 heavy (non-hydrogen) atoms. The van der Waals surface area contributed by atoms with Gasteiger partial charge in [-0.3, -0.25) is 14.9 Å². The lowest BCUT2D eigenvalue weighted by atomic mass is 10.1. The molecular weight excluding hydrogens is 571 g/mol. The van der Waals surface area contributed by atoms with E-state index in [1.165, 1.54) is 25.3 Å². The van der Waals surface area contributed by atoms with Crippen molar-refractivity contribution in [2.75, 3.05) is 12.0 Å². The maximum absolute atomic E-state index is 13.1. The van der Waals surface area contributed by atoms with Gasteiger partial charge in [0.1, 0.15) is 12.2 Å². The lowest BCUT2D eigenvalue weighted by Crippen LogP contribution is -2.54. The quantitative estimate of drug-likeness (QED) is 0.243. The minimum atomic E-state index is -0.828. The Labute approximate surface area is 214 Å². The third-order valence-corrected chi connectivity index (χ3v) is 6.03. The fourth-order valence-corrected chi connectivity index (χ4v) is 4.25. The van der Waals surface area contributed by atoms with Gasteiger partial charge in [0.15, 0.2) is 11.5 Å². The second-order valence-corrected chi connectivity index (χ2v) is 8.84. The van der Waals surface area contributed by atoms with Crippen molar-refractivity contribution in [3.8, 4) is 11.5 Å². The van der Waals surface area contributed by atoms with Crippen LogP contribution < -0.4 is 19.7 Å². The molecule has 0 saturated carbocycles. The molecular formula is C25H18ClIN2O5. The molecule has 0 spiro atoms. The van der Waals surface area contributed by atoms with Gasteiger partial charge in [-0.05, 0) is 76.2 Å². The van der Waals surface area contributed by atoms with Crippen LogP contribution in [-0.2, 0) is 16.2 Å². The Morgan fingerprint density at radius 3 is 2.41 bits per heavy atom. The highest BCUT2D eigenvalue weighted by Crippen LogP contribution is 2.35. The van der Waals surface area contributed by atoms with Crippen LogP contribution in [0.4, 0.5) is 10.5 Å². The van der Waals surface area contributed by atoms with Gasteiger partial charge in [0.05, 0.1) is 16.4 Å². The van der Waals surface area contributed by atoms with Gasteiger partial charge < -0.3 is 9.47 Å². The predicted molar refractivity (Wildman–Crippen MR) is 137 cm³/mol. The lowest BCUT2D eigenvalue weighted by Gasteiger charge is -2.26. The number of hydrogen-bond acceptors (Lipinski definition) is 5. The average Bonchev–Trinajstić information content (AvgIpc) is 2.82. The van der Waals surface area contributed by atoms with Crippen molar-refractivity contribution >= 4 is 63.8 Å². The van der Waals surface area contributed by atoms with E-state index >= 15 is 0 Å². The van der Waals surface area contributed by atoms with Crippen molar-refractivity contribution in [2.45, 2.75) is 6.61 Å². The number of imide groups is 2. The number of ether oxygens (including phenoxy) is 2. The Morgan fingerprint density at radius 2 is 1.74 bits per heavy atom. The van der Waals surface area contributed by atoms with Crippen molar-refractivity contribution in [3.63, 3.8) is 0 Å². The third kappa shape index (κ3) is 5.07. The summed E-state index contributed by atoms with van der Waals surface area (Å²) in [6.07, 6.45) is 1.42. The number of carbonyl (C=O) groups is 3. The summed E-state index contributed by atoms with van der Waals surface area (Å²) in [6.45, 7) is 0.354. The van der Waals surface area contributed by atoms with Crippen LogP contribution in [0.25, 0.3) is 6.08 Å². The molecule has 1 N–H and O–H groups in total. The first-order valence-corrected chi connectivity index (χ1v) is 11.5. The van der Waals surface area contributed by atoms with Crippen LogP contribution in [-0.4, -0.2) is 25.0 Å². The molecule has 0 aliphatic carbocycles. The van der Waals surface area contributed by atoms with E-state index in [9.17, 15) is 14.4 Å². The minimum absolute atomic E-state index is 0.189. The van der Waals surface area contributed by atoms with E-state index in [0.29, 0.717) is 34.4 Å². The Bertz CT molecular complexity index is 1290. The van der Waals surface area contributed by atoms with Gasteiger partial charge in [-0.2, -0.15) is 0 Å². The minimum Gasteiger partial charge on any atom is -0.493 e. The molecule has 3 aromatic rings. The molecule has 172 valence electrons. The topological polar surface area (TPSA) is 84.9 Å². The second-order valence-electron chi connectivity index (χ2n) is 7.24. The van der Waals surface area contributed by atoms with E-state index in [4.69, 9.17) is 21.1 Å². The molecule has 0 unspecified atom stereocenters. The number of halogens is 2. The molecule has 4 amide bonds. The molecule has 4 rings (SSSR count). The molecule has 0 aromatic heterocycles. The molecule has 0 radical (unpaired) electrons. The highest BCUT2D eigenvalue weighted by Gasteiger charge is 2.36. The lowest BCUT2D eigenvalue weighted by molar-refractivity contribution is -0.122. The van der Waals surface area contributed by atoms with Gasteiger partial charge >= 0.3 is 6.03 Å². The highest BCUT2D eigenvalue weighted by atomic mass is 127. The van der Waals surface area contributed by atoms with E-state index in [1.54, 1.807) is 24.3 Å². The standard InChI is InChI=1S/C25H18ClIN2O5/c1-33-21-13-16(12-20(27)22(21)34-14-15-5-3-2-4-6-15)11-19-23(30)28-25(32)29(24(19)31)18-9-7-17(26)8-10-18/h2-13H,14H2,1H3,(H,28,30,32). The van der Waals surface area contributed by atoms with Crippen molar-refractivity contribution in [3.05, 3.63) is 92.0 Å². The molecule has 1 aliphatic rings. The van der Waals surface area contributed by atoms with E-state index in [0.717, 1.165) is 14.0 Å². The number of benzene rings is 3. The normalized spacial score (nSPS) is 14.9. The predicted octanol–water partition coefficient (Wildman–Crippen LogP) is 5.20. The number of urea groups is 1. The first-order valence-electron chi connectivity index (χ1n) is 10.1. The first kappa shape index (κ1) is 23.8. The van der Waals surface area contributed by atoms with Crippen molar-refractivity contribution < 1.29 is 23.9 Å². The van der Waals surface area contributed by atoms with Crippen molar-refractivity contribution in [1.82, 2.24) is 5.32 Å². The summed E-state index contributed by atoms with van der Waals surface area (Å²) in [4.78, 5) is 38.8. The SMILES string of the molecule is COc1cc(C=C2C(=O)NC(=O)N(c3ccc(Cl)cc3)C2=O)cc(I)c1OCc1ccccc1. The zero-order chi connectivity index (χ0) is 24.2. The van der Waals surface area contributed by atoms with Gasteiger partial charge in [-0.25, -0.2) is 9.69 Å². The van der Waals surface area contributed by atoms with Crippen LogP contribution in [0, 0.1) is 3.57 Å². The number of barbiturate groups is 1. The second kappa shape index (κ2) is 10.3. The summed E-state index contributed by atoms with van der Waals surface area (Å²) in [6, 6.07) is 18.5. The Morgan fingerprint density at radius 1 is 1.03 bits per heavy atom. The number of carbonyl (C=O) groups excluding carboxylic acids is 3. The van der Waals surface area contributed by atoms with Crippen LogP contribution in [0.1, 0.15) is 11.1 Å². The van der Waals surface area contributed by atoms with Crippen LogP contribution >= 0.6 is 34.2 Å². The summed E-state index contributed by atoms with van der Waals surface area (Å²) in [7, 11) is 1.51. The third-order valence-electron chi connectivity index (χ3n) is 4.98. The monoisotopic (exact) mass is 588 g/mol. The number of rotatable bonds is 6. The molecule has 3 aromatic carbocycles. The number of hydrogen-bond donors (Lipinski definition) is 1. The van der Waals surface area contributed by atoms with Gasteiger partial charge in [0, 0.05) is 5.02 Å². The van der Waals surface area contributed by atoms with Gasteiger partial charge in [-0.15, -0.1) is 0 Å².